The highest BCUT2D eigenvalue weighted by Crippen LogP contribution is 2.25. The number of thiazole rings is 1. The second-order valence-electron chi connectivity index (χ2n) is 5.46. The van der Waals surface area contributed by atoms with Crippen molar-refractivity contribution in [1.82, 2.24) is 10.3 Å². The lowest BCUT2D eigenvalue weighted by Crippen LogP contribution is -2.41. The lowest BCUT2D eigenvalue weighted by atomic mass is 10.1. The summed E-state index contributed by atoms with van der Waals surface area (Å²) in [5.41, 5.74) is 0.821. The summed E-state index contributed by atoms with van der Waals surface area (Å²) in [6.07, 6.45) is 0.452. The van der Waals surface area contributed by atoms with Gasteiger partial charge in [0, 0.05) is 18.5 Å². The van der Waals surface area contributed by atoms with Crippen LogP contribution in [0.2, 0.25) is 0 Å². The van der Waals surface area contributed by atoms with Crippen LogP contribution < -0.4 is 10.6 Å². The second-order valence-corrected chi connectivity index (χ2v) is 6.49. The molecule has 0 atom stereocenters. The van der Waals surface area contributed by atoms with Crippen LogP contribution >= 0.6 is 11.3 Å². The van der Waals surface area contributed by atoms with Gasteiger partial charge in [-0.2, -0.15) is 0 Å². The van der Waals surface area contributed by atoms with E-state index < -0.39 is 0 Å². The molecule has 0 unspecified atom stereocenters. The molecule has 102 valence electrons. The molecular formula is C14H19N3OS. The second kappa shape index (κ2) is 5.57. The summed E-state index contributed by atoms with van der Waals surface area (Å²) < 4.78 is 1.16. The van der Waals surface area contributed by atoms with Crippen LogP contribution in [0.3, 0.4) is 0 Å². The van der Waals surface area contributed by atoms with E-state index in [1.807, 2.05) is 45.0 Å². The van der Waals surface area contributed by atoms with Crippen LogP contribution in [-0.2, 0) is 4.79 Å². The normalized spacial score (nSPS) is 11.5. The number of nitrogens with zero attached hydrogens (tertiary/aromatic N) is 1. The molecule has 0 aliphatic carbocycles. The molecule has 1 aromatic heterocycles. The fourth-order valence-electron chi connectivity index (χ4n) is 1.71. The number of fused-ring (bicyclic) bond motifs is 1. The number of benzene rings is 1. The van der Waals surface area contributed by atoms with Crippen molar-refractivity contribution >= 4 is 32.6 Å². The van der Waals surface area contributed by atoms with Gasteiger partial charge < -0.3 is 10.6 Å². The SMILES string of the molecule is CC(C)(C)NC(=O)CCNc1nc2ccccc2s1. The van der Waals surface area contributed by atoms with Crippen LogP contribution in [0, 0.1) is 0 Å². The lowest BCUT2D eigenvalue weighted by molar-refractivity contribution is -0.122. The molecule has 0 saturated carbocycles. The van der Waals surface area contributed by atoms with E-state index in [2.05, 4.69) is 15.6 Å². The Hall–Kier alpha value is -1.62. The minimum Gasteiger partial charge on any atom is -0.361 e. The van der Waals surface area contributed by atoms with Crippen LogP contribution in [-0.4, -0.2) is 23.0 Å². The summed E-state index contributed by atoms with van der Waals surface area (Å²) in [4.78, 5) is 16.1. The van der Waals surface area contributed by atoms with E-state index >= 15 is 0 Å². The van der Waals surface area contributed by atoms with Crippen molar-refractivity contribution in [1.29, 1.82) is 0 Å². The molecule has 0 aliphatic heterocycles. The molecule has 2 rings (SSSR count). The van der Waals surface area contributed by atoms with Gasteiger partial charge >= 0.3 is 0 Å². The van der Waals surface area contributed by atoms with Crippen LogP contribution in [0.25, 0.3) is 10.2 Å². The Morgan fingerprint density at radius 1 is 1.32 bits per heavy atom. The Balaban J connectivity index is 1.84. The number of hydrogen-bond donors (Lipinski definition) is 2. The summed E-state index contributed by atoms with van der Waals surface area (Å²) in [7, 11) is 0. The summed E-state index contributed by atoms with van der Waals surface area (Å²) >= 11 is 1.61. The van der Waals surface area contributed by atoms with Gasteiger partial charge in [-0.3, -0.25) is 4.79 Å². The van der Waals surface area contributed by atoms with E-state index in [9.17, 15) is 4.79 Å². The monoisotopic (exact) mass is 277 g/mol. The fraction of sp³-hybridized carbons (Fsp3) is 0.429. The maximum Gasteiger partial charge on any atom is 0.222 e. The zero-order valence-electron chi connectivity index (χ0n) is 11.5. The van der Waals surface area contributed by atoms with Crippen molar-refractivity contribution in [2.75, 3.05) is 11.9 Å². The first-order chi connectivity index (χ1) is 8.94. The Morgan fingerprint density at radius 3 is 2.74 bits per heavy atom. The number of nitrogens with one attached hydrogen (secondary N) is 2. The van der Waals surface area contributed by atoms with E-state index in [0.717, 1.165) is 15.3 Å². The maximum atomic E-state index is 11.7. The summed E-state index contributed by atoms with van der Waals surface area (Å²) in [6.45, 7) is 6.53. The van der Waals surface area contributed by atoms with Gasteiger partial charge in [0.25, 0.3) is 0 Å². The van der Waals surface area contributed by atoms with Gasteiger partial charge in [-0.15, -0.1) is 0 Å². The highest BCUT2D eigenvalue weighted by molar-refractivity contribution is 7.22. The predicted octanol–water partition coefficient (Wildman–Crippen LogP) is 3.01. The Labute approximate surface area is 117 Å². The van der Waals surface area contributed by atoms with Crippen LogP contribution in [0.1, 0.15) is 27.2 Å². The molecule has 1 heterocycles. The largest absolute Gasteiger partial charge is 0.361 e. The molecule has 4 nitrogen and oxygen atoms in total. The molecule has 19 heavy (non-hydrogen) atoms. The predicted molar refractivity (Wildman–Crippen MR) is 80.6 cm³/mol. The van der Waals surface area contributed by atoms with E-state index in [0.29, 0.717) is 13.0 Å². The highest BCUT2D eigenvalue weighted by Gasteiger charge is 2.13. The molecule has 1 aromatic carbocycles. The van der Waals surface area contributed by atoms with Gasteiger partial charge in [0.15, 0.2) is 5.13 Å². The number of carbonyl (C=O) groups is 1. The zero-order valence-corrected chi connectivity index (χ0v) is 12.3. The third-order valence-corrected chi connectivity index (χ3v) is 3.43. The standard InChI is InChI=1S/C14H19N3OS/c1-14(2,3)17-12(18)8-9-15-13-16-10-6-4-5-7-11(10)19-13/h4-7H,8-9H2,1-3H3,(H,15,16)(H,17,18). The van der Waals surface area contributed by atoms with E-state index in [1.54, 1.807) is 11.3 Å². The number of rotatable bonds is 4. The first-order valence-electron chi connectivity index (χ1n) is 6.34. The molecule has 2 aromatic rings. The van der Waals surface area contributed by atoms with Crippen molar-refractivity contribution in [2.45, 2.75) is 32.7 Å². The van der Waals surface area contributed by atoms with Gasteiger partial charge in [0.1, 0.15) is 0 Å². The van der Waals surface area contributed by atoms with Crippen molar-refractivity contribution in [3.05, 3.63) is 24.3 Å². The molecule has 5 heteroatoms. The maximum absolute atomic E-state index is 11.7. The first-order valence-corrected chi connectivity index (χ1v) is 7.16. The van der Waals surface area contributed by atoms with Gasteiger partial charge in [0.2, 0.25) is 5.91 Å². The average molecular weight is 277 g/mol. The quantitative estimate of drug-likeness (QED) is 0.903. The fourth-order valence-corrected chi connectivity index (χ4v) is 2.60. The van der Waals surface area contributed by atoms with Gasteiger partial charge in [0.05, 0.1) is 10.2 Å². The minimum absolute atomic E-state index is 0.0566. The van der Waals surface area contributed by atoms with E-state index in [-0.39, 0.29) is 11.4 Å². The minimum atomic E-state index is -0.174. The Kier molecular flexibility index (Phi) is 4.04. The molecule has 0 bridgehead atoms. The molecule has 1 amide bonds. The Morgan fingerprint density at radius 2 is 2.05 bits per heavy atom. The molecule has 0 spiro atoms. The van der Waals surface area contributed by atoms with Crippen molar-refractivity contribution in [3.63, 3.8) is 0 Å². The van der Waals surface area contributed by atoms with E-state index in [4.69, 9.17) is 0 Å². The Bertz CT molecular complexity index is 538. The molecule has 0 fully saturated rings. The number of hydrogen-bond acceptors (Lipinski definition) is 4. The molecule has 0 saturated heterocycles. The molecular weight excluding hydrogens is 258 g/mol. The van der Waals surface area contributed by atoms with Crippen LogP contribution in [0.5, 0.6) is 0 Å². The summed E-state index contributed by atoms with van der Waals surface area (Å²) in [5.74, 6) is 0.0566. The van der Waals surface area contributed by atoms with Crippen molar-refractivity contribution in [2.24, 2.45) is 0 Å². The van der Waals surface area contributed by atoms with Gasteiger partial charge in [-0.1, -0.05) is 23.5 Å². The summed E-state index contributed by atoms with van der Waals surface area (Å²) in [5, 5.41) is 7.00. The molecule has 0 aliphatic rings. The van der Waals surface area contributed by atoms with Crippen molar-refractivity contribution < 1.29 is 4.79 Å². The molecule has 0 radical (unpaired) electrons. The third kappa shape index (κ3) is 4.21. The smallest absolute Gasteiger partial charge is 0.222 e. The summed E-state index contributed by atoms with van der Waals surface area (Å²) in [6, 6.07) is 8.01. The van der Waals surface area contributed by atoms with Crippen molar-refractivity contribution in [3.8, 4) is 0 Å². The number of para-hydroxylation sites is 1. The van der Waals surface area contributed by atoms with Gasteiger partial charge in [-0.05, 0) is 32.9 Å². The van der Waals surface area contributed by atoms with Crippen LogP contribution in [0.4, 0.5) is 5.13 Å². The highest BCUT2D eigenvalue weighted by atomic mass is 32.1. The average Bonchev–Trinajstić information content (AvgIpc) is 2.68. The number of amides is 1. The number of anilines is 1. The van der Waals surface area contributed by atoms with Gasteiger partial charge in [-0.25, -0.2) is 4.98 Å². The van der Waals surface area contributed by atoms with E-state index in [1.165, 1.54) is 0 Å². The first kappa shape index (κ1) is 13.8. The van der Waals surface area contributed by atoms with Crippen LogP contribution in [0.15, 0.2) is 24.3 Å². The molecule has 2 N–H and O–H groups in total. The third-order valence-electron chi connectivity index (χ3n) is 2.44. The zero-order chi connectivity index (χ0) is 13.9. The topological polar surface area (TPSA) is 54.0 Å². The lowest BCUT2D eigenvalue weighted by Gasteiger charge is -2.20. The number of carbonyl (C=O) groups excluding carboxylic acids is 1. The number of aromatic nitrogens is 1.